The van der Waals surface area contributed by atoms with E-state index in [0.717, 1.165) is 0 Å². The van der Waals surface area contributed by atoms with Gasteiger partial charge >= 0.3 is 0 Å². The van der Waals surface area contributed by atoms with Gasteiger partial charge in [-0.1, -0.05) is 11.6 Å². The normalized spacial score (nSPS) is 9.68. The predicted molar refractivity (Wildman–Crippen MR) is 80.5 cm³/mol. The lowest BCUT2D eigenvalue weighted by Gasteiger charge is -2.19. The number of carbonyl (C=O) groups is 1. The zero-order valence-corrected chi connectivity index (χ0v) is 12.8. The van der Waals surface area contributed by atoms with Gasteiger partial charge in [-0.25, -0.2) is 0 Å². The number of hydrogen-bond donors (Lipinski definition) is 1. The van der Waals surface area contributed by atoms with Crippen molar-refractivity contribution in [3.63, 3.8) is 0 Å². The molecule has 0 aliphatic rings. The van der Waals surface area contributed by atoms with E-state index in [4.69, 9.17) is 22.1 Å². The lowest BCUT2D eigenvalue weighted by molar-refractivity contribution is 0.0773. The van der Waals surface area contributed by atoms with Crippen LogP contribution in [0.15, 0.2) is 18.2 Å². The molecule has 0 heterocycles. The number of rotatable bonds is 6. The average molecular weight is 307 g/mol. The van der Waals surface area contributed by atoms with Crippen LogP contribution in [-0.2, 0) is 0 Å². The van der Waals surface area contributed by atoms with Gasteiger partial charge in [0.1, 0.15) is 12.4 Å². The maximum atomic E-state index is 12.1. The van der Waals surface area contributed by atoms with Crippen LogP contribution in [0.4, 0.5) is 0 Å². The highest BCUT2D eigenvalue weighted by Crippen LogP contribution is 2.25. The van der Waals surface area contributed by atoms with E-state index in [1.54, 1.807) is 23.1 Å². The zero-order chi connectivity index (χ0) is 13.5. The first kappa shape index (κ1) is 18.0. The summed E-state index contributed by atoms with van der Waals surface area (Å²) in [7, 11) is 0. The topological polar surface area (TPSA) is 55.6 Å². The van der Waals surface area contributed by atoms with Gasteiger partial charge in [-0.15, -0.1) is 12.4 Å². The summed E-state index contributed by atoms with van der Waals surface area (Å²) in [6.45, 7) is 6.08. The number of ether oxygens (including phenoxy) is 1. The molecule has 0 unspecified atom stereocenters. The van der Waals surface area contributed by atoms with Crippen molar-refractivity contribution in [1.82, 2.24) is 4.90 Å². The number of benzene rings is 1. The second-order valence-electron chi connectivity index (χ2n) is 3.76. The first-order valence-electron chi connectivity index (χ1n) is 6.05. The summed E-state index contributed by atoms with van der Waals surface area (Å²) >= 11 is 6.06. The van der Waals surface area contributed by atoms with Gasteiger partial charge in [0.2, 0.25) is 0 Å². The van der Waals surface area contributed by atoms with Crippen molar-refractivity contribution in [2.24, 2.45) is 5.73 Å². The lowest BCUT2D eigenvalue weighted by atomic mass is 10.2. The molecule has 0 saturated heterocycles. The van der Waals surface area contributed by atoms with Gasteiger partial charge in [-0.3, -0.25) is 4.79 Å². The van der Waals surface area contributed by atoms with Crippen LogP contribution < -0.4 is 10.5 Å². The van der Waals surface area contributed by atoms with E-state index < -0.39 is 0 Å². The smallest absolute Gasteiger partial charge is 0.253 e. The molecule has 1 aromatic rings. The summed E-state index contributed by atoms with van der Waals surface area (Å²) in [5.41, 5.74) is 5.92. The maximum absolute atomic E-state index is 12.1. The molecule has 0 bridgehead atoms. The molecule has 0 fully saturated rings. The van der Waals surface area contributed by atoms with Crippen LogP contribution in [0.2, 0.25) is 5.02 Å². The molecule has 1 rings (SSSR count). The summed E-state index contributed by atoms with van der Waals surface area (Å²) in [6.07, 6.45) is 0. The Morgan fingerprint density at radius 2 is 2.00 bits per heavy atom. The van der Waals surface area contributed by atoms with Gasteiger partial charge in [-0.05, 0) is 32.0 Å². The van der Waals surface area contributed by atoms with Crippen LogP contribution in [0, 0.1) is 0 Å². The Labute approximate surface area is 125 Å². The van der Waals surface area contributed by atoms with Gasteiger partial charge in [0.25, 0.3) is 5.91 Å². The molecule has 0 aromatic heterocycles. The Balaban J connectivity index is 0.00000324. The molecule has 0 aliphatic carbocycles. The molecule has 1 aromatic carbocycles. The molecule has 0 radical (unpaired) electrons. The number of halogens is 2. The summed E-state index contributed by atoms with van der Waals surface area (Å²) in [4.78, 5) is 13.8. The number of amides is 1. The molecule has 0 atom stereocenters. The standard InChI is InChI=1S/C13H19ClN2O2.ClH/c1-3-16(4-2)13(17)10-5-6-12(11(14)9-10)18-8-7-15;/h5-6,9H,3-4,7-8,15H2,1-2H3;1H. The fraction of sp³-hybridized carbons (Fsp3) is 0.462. The molecule has 0 spiro atoms. The van der Waals surface area contributed by atoms with Gasteiger partial charge < -0.3 is 15.4 Å². The van der Waals surface area contributed by atoms with E-state index in [9.17, 15) is 4.79 Å². The minimum Gasteiger partial charge on any atom is -0.491 e. The van der Waals surface area contributed by atoms with Gasteiger partial charge in [0.05, 0.1) is 5.02 Å². The molecular weight excluding hydrogens is 287 g/mol. The molecule has 6 heteroatoms. The Morgan fingerprint density at radius 3 is 2.47 bits per heavy atom. The van der Waals surface area contributed by atoms with E-state index in [-0.39, 0.29) is 18.3 Å². The van der Waals surface area contributed by atoms with Gasteiger partial charge in [-0.2, -0.15) is 0 Å². The summed E-state index contributed by atoms with van der Waals surface area (Å²) in [5.74, 6) is 0.533. The van der Waals surface area contributed by atoms with E-state index >= 15 is 0 Å². The Bertz CT molecular complexity index is 410. The first-order chi connectivity index (χ1) is 8.63. The highest BCUT2D eigenvalue weighted by molar-refractivity contribution is 6.32. The van der Waals surface area contributed by atoms with Crippen LogP contribution in [-0.4, -0.2) is 37.0 Å². The summed E-state index contributed by atoms with van der Waals surface area (Å²) in [5, 5.41) is 0.432. The fourth-order valence-electron chi connectivity index (χ4n) is 1.61. The van der Waals surface area contributed by atoms with Crippen LogP contribution in [0.25, 0.3) is 0 Å². The van der Waals surface area contributed by atoms with E-state index in [1.807, 2.05) is 13.8 Å². The van der Waals surface area contributed by atoms with Crippen LogP contribution in [0.5, 0.6) is 5.75 Å². The number of nitrogens with two attached hydrogens (primary N) is 1. The van der Waals surface area contributed by atoms with E-state index in [2.05, 4.69) is 0 Å². The Morgan fingerprint density at radius 1 is 1.37 bits per heavy atom. The largest absolute Gasteiger partial charge is 0.491 e. The Hall–Kier alpha value is -0.970. The molecule has 1 amide bonds. The van der Waals surface area contributed by atoms with E-state index in [1.165, 1.54) is 0 Å². The van der Waals surface area contributed by atoms with Crippen molar-refractivity contribution in [3.8, 4) is 5.75 Å². The summed E-state index contributed by atoms with van der Waals surface area (Å²) in [6, 6.07) is 5.06. The Kier molecular flexibility index (Phi) is 8.56. The van der Waals surface area contributed by atoms with Crippen molar-refractivity contribution in [2.75, 3.05) is 26.2 Å². The van der Waals surface area contributed by atoms with Crippen LogP contribution >= 0.6 is 24.0 Å². The number of hydrogen-bond acceptors (Lipinski definition) is 3. The zero-order valence-electron chi connectivity index (χ0n) is 11.2. The van der Waals surface area contributed by atoms with E-state index in [0.29, 0.717) is 42.6 Å². The number of carbonyl (C=O) groups excluding carboxylic acids is 1. The van der Waals surface area contributed by atoms with Gasteiger partial charge in [0, 0.05) is 25.2 Å². The molecule has 108 valence electrons. The predicted octanol–water partition coefficient (Wildman–Crippen LogP) is 2.58. The van der Waals surface area contributed by atoms with Crippen LogP contribution in [0.3, 0.4) is 0 Å². The quantitative estimate of drug-likeness (QED) is 0.879. The van der Waals surface area contributed by atoms with Crippen LogP contribution in [0.1, 0.15) is 24.2 Å². The summed E-state index contributed by atoms with van der Waals surface area (Å²) < 4.78 is 5.35. The van der Waals surface area contributed by atoms with Gasteiger partial charge in [0.15, 0.2) is 0 Å². The monoisotopic (exact) mass is 306 g/mol. The first-order valence-corrected chi connectivity index (χ1v) is 6.43. The average Bonchev–Trinajstić information content (AvgIpc) is 2.38. The van der Waals surface area contributed by atoms with Crippen molar-refractivity contribution < 1.29 is 9.53 Å². The fourth-order valence-corrected chi connectivity index (χ4v) is 1.85. The van der Waals surface area contributed by atoms with Crippen molar-refractivity contribution in [1.29, 1.82) is 0 Å². The number of nitrogens with zero attached hydrogens (tertiary/aromatic N) is 1. The molecule has 4 nitrogen and oxygen atoms in total. The second-order valence-corrected chi connectivity index (χ2v) is 4.17. The maximum Gasteiger partial charge on any atom is 0.253 e. The third kappa shape index (κ3) is 4.90. The molecule has 0 saturated carbocycles. The molecule has 2 N–H and O–H groups in total. The van der Waals surface area contributed by atoms with Crippen molar-refractivity contribution in [3.05, 3.63) is 28.8 Å². The minimum absolute atomic E-state index is 0. The van der Waals surface area contributed by atoms with Crippen molar-refractivity contribution >= 4 is 29.9 Å². The van der Waals surface area contributed by atoms with Crippen molar-refractivity contribution in [2.45, 2.75) is 13.8 Å². The second kappa shape index (κ2) is 9.02. The third-order valence-corrected chi connectivity index (χ3v) is 2.90. The lowest BCUT2D eigenvalue weighted by Crippen LogP contribution is -2.30. The molecular formula is C13H20Cl2N2O2. The third-order valence-electron chi connectivity index (χ3n) is 2.60. The highest BCUT2D eigenvalue weighted by atomic mass is 35.5. The molecule has 0 aliphatic heterocycles. The minimum atomic E-state index is -0.0210. The molecule has 19 heavy (non-hydrogen) atoms. The SMILES string of the molecule is CCN(CC)C(=O)c1ccc(OCCN)c(Cl)c1.Cl. The highest BCUT2D eigenvalue weighted by Gasteiger charge is 2.14.